The summed E-state index contributed by atoms with van der Waals surface area (Å²) in [5, 5.41) is 7.40. The highest BCUT2D eigenvalue weighted by Crippen LogP contribution is 2.33. The van der Waals surface area contributed by atoms with Gasteiger partial charge in [-0.25, -0.2) is 4.79 Å². The molecule has 0 unspecified atom stereocenters. The van der Waals surface area contributed by atoms with Crippen LogP contribution < -0.4 is 5.32 Å². The number of aromatic nitrogens is 2. The van der Waals surface area contributed by atoms with Crippen molar-refractivity contribution >= 4 is 6.09 Å². The van der Waals surface area contributed by atoms with Crippen molar-refractivity contribution < 1.29 is 14.3 Å². The van der Waals surface area contributed by atoms with E-state index >= 15 is 0 Å². The van der Waals surface area contributed by atoms with Crippen LogP contribution in [0.2, 0.25) is 0 Å². The normalized spacial score (nSPS) is 25.7. The van der Waals surface area contributed by atoms with E-state index in [1.165, 1.54) is 0 Å². The van der Waals surface area contributed by atoms with Gasteiger partial charge in [0, 0.05) is 24.9 Å². The van der Waals surface area contributed by atoms with E-state index in [4.69, 9.17) is 9.47 Å². The van der Waals surface area contributed by atoms with E-state index in [9.17, 15) is 4.79 Å². The lowest BCUT2D eigenvalue weighted by Crippen LogP contribution is -2.40. The largest absolute Gasteiger partial charge is 0.446 e. The summed E-state index contributed by atoms with van der Waals surface area (Å²) in [6.45, 7) is 4.65. The molecule has 1 aromatic rings. The van der Waals surface area contributed by atoms with E-state index in [0.29, 0.717) is 6.61 Å². The second-order valence-electron chi connectivity index (χ2n) is 6.00. The van der Waals surface area contributed by atoms with Crippen LogP contribution in [0, 0.1) is 13.8 Å². The summed E-state index contributed by atoms with van der Waals surface area (Å²) in [5.41, 5.74) is 3.13. The van der Waals surface area contributed by atoms with Gasteiger partial charge in [-0.1, -0.05) is 0 Å². The molecular weight excluding hydrogens is 270 g/mol. The van der Waals surface area contributed by atoms with Crippen LogP contribution in [0.3, 0.4) is 0 Å². The van der Waals surface area contributed by atoms with Gasteiger partial charge in [-0.15, -0.1) is 0 Å². The molecule has 6 nitrogen and oxygen atoms in total. The Hall–Kier alpha value is -1.56. The van der Waals surface area contributed by atoms with E-state index in [0.717, 1.165) is 42.6 Å². The fourth-order valence-electron chi connectivity index (χ4n) is 3.05. The Morgan fingerprint density at radius 1 is 1.38 bits per heavy atom. The molecule has 2 atom stereocenters. The van der Waals surface area contributed by atoms with Crippen LogP contribution in [0.4, 0.5) is 4.79 Å². The number of nitrogens with one attached hydrogen (secondary N) is 1. The van der Waals surface area contributed by atoms with Crippen molar-refractivity contribution in [1.29, 1.82) is 0 Å². The van der Waals surface area contributed by atoms with Crippen LogP contribution in [-0.2, 0) is 16.5 Å². The second-order valence-corrected chi connectivity index (χ2v) is 6.00. The lowest BCUT2D eigenvalue weighted by Gasteiger charge is -2.27. The predicted octanol–water partition coefficient (Wildman–Crippen LogP) is 2.15. The molecule has 0 radical (unpaired) electrons. The quantitative estimate of drug-likeness (QED) is 0.927. The SMILES string of the molecule is Cc1nn(C)c(C)c1[C@@H]1OCC[C@H]1NC(=O)OC1CCC1. The molecule has 21 heavy (non-hydrogen) atoms. The first kappa shape index (κ1) is 14.4. The standard InChI is InChI=1S/C15H23N3O3/c1-9-13(10(2)18(3)17-9)14-12(7-8-20-14)16-15(19)21-11-5-4-6-11/h11-12,14H,4-8H2,1-3H3,(H,16,19)/t12-,14-/m1/s1. The van der Waals surface area contributed by atoms with Gasteiger partial charge in [-0.3, -0.25) is 4.68 Å². The fraction of sp³-hybridized carbons (Fsp3) is 0.733. The summed E-state index contributed by atoms with van der Waals surface area (Å²) in [5.74, 6) is 0. The lowest BCUT2D eigenvalue weighted by atomic mass is 9.96. The van der Waals surface area contributed by atoms with Crippen molar-refractivity contribution in [3.63, 3.8) is 0 Å². The van der Waals surface area contributed by atoms with Crippen molar-refractivity contribution in [2.24, 2.45) is 7.05 Å². The Balaban J connectivity index is 1.68. The topological polar surface area (TPSA) is 65.4 Å². The summed E-state index contributed by atoms with van der Waals surface area (Å²) >= 11 is 0. The van der Waals surface area contributed by atoms with Crippen molar-refractivity contribution in [3.05, 3.63) is 17.0 Å². The van der Waals surface area contributed by atoms with Crippen LogP contribution in [0.25, 0.3) is 0 Å². The summed E-state index contributed by atoms with van der Waals surface area (Å²) in [4.78, 5) is 11.9. The van der Waals surface area contributed by atoms with Crippen LogP contribution in [0.1, 0.15) is 48.7 Å². The Morgan fingerprint density at radius 2 is 2.14 bits per heavy atom. The van der Waals surface area contributed by atoms with Gasteiger partial charge in [-0.2, -0.15) is 5.10 Å². The highest BCUT2D eigenvalue weighted by Gasteiger charge is 2.35. The molecule has 2 aliphatic rings. The van der Waals surface area contributed by atoms with Crippen LogP contribution in [-0.4, -0.2) is 34.6 Å². The maximum absolute atomic E-state index is 11.9. The maximum atomic E-state index is 11.9. The lowest BCUT2D eigenvalue weighted by molar-refractivity contribution is 0.0450. The minimum atomic E-state index is -0.320. The van der Waals surface area contributed by atoms with Crippen molar-refractivity contribution in [2.45, 2.75) is 57.8 Å². The Morgan fingerprint density at radius 3 is 2.71 bits per heavy atom. The van der Waals surface area contributed by atoms with Gasteiger partial charge in [0.05, 0.1) is 11.7 Å². The monoisotopic (exact) mass is 293 g/mol. The molecule has 1 aromatic heterocycles. The molecule has 1 N–H and O–H groups in total. The number of carbonyl (C=O) groups is 1. The molecule has 1 saturated carbocycles. The van der Waals surface area contributed by atoms with Crippen LogP contribution in [0.5, 0.6) is 0 Å². The zero-order valence-electron chi connectivity index (χ0n) is 12.9. The Bertz CT molecular complexity index is 537. The zero-order valence-corrected chi connectivity index (χ0v) is 12.9. The summed E-state index contributed by atoms with van der Waals surface area (Å²) in [6, 6.07) is -0.0424. The number of rotatable bonds is 3. The molecule has 6 heteroatoms. The second kappa shape index (κ2) is 5.67. The number of hydrogen-bond donors (Lipinski definition) is 1. The molecular formula is C15H23N3O3. The first-order valence-electron chi connectivity index (χ1n) is 7.65. The Kier molecular flexibility index (Phi) is 3.89. The molecule has 116 valence electrons. The van der Waals surface area contributed by atoms with Crippen molar-refractivity contribution in [1.82, 2.24) is 15.1 Å². The number of aryl methyl sites for hydroxylation is 2. The van der Waals surface area contributed by atoms with Crippen molar-refractivity contribution in [3.8, 4) is 0 Å². The predicted molar refractivity (Wildman–Crippen MR) is 77.0 cm³/mol. The van der Waals surface area contributed by atoms with Gasteiger partial charge in [0.15, 0.2) is 0 Å². The minimum Gasteiger partial charge on any atom is -0.446 e. The minimum absolute atomic E-state index is 0.0424. The molecule has 3 rings (SSSR count). The third-order valence-electron chi connectivity index (χ3n) is 4.57. The van der Waals surface area contributed by atoms with E-state index < -0.39 is 0 Å². The molecule has 1 aliphatic carbocycles. The van der Waals surface area contributed by atoms with Gasteiger partial charge < -0.3 is 14.8 Å². The van der Waals surface area contributed by atoms with E-state index in [1.807, 2.05) is 25.6 Å². The number of ether oxygens (including phenoxy) is 2. The smallest absolute Gasteiger partial charge is 0.407 e. The number of hydrogen-bond acceptors (Lipinski definition) is 4. The maximum Gasteiger partial charge on any atom is 0.407 e. The van der Waals surface area contributed by atoms with Crippen molar-refractivity contribution in [2.75, 3.05) is 6.61 Å². The van der Waals surface area contributed by atoms with E-state index in [2.05, 4.69) is 10.4 Å². The first-order chi connectivity index (χ1) is 10.1. The van der Waals surface area contributed by atoms with E-state index in [1.54, 1.807) is 0 Å². The molecule has 1 saturated heterocycles. The third-order valence-corrected chi connectivity index (χ3v) is 4.57. The van der Waals surface area contributed by atoms with E-state index in [-0.39, 0.29) is 24.3 Å². The number of alkyl carbamates (subject to hydrolysis) is 1. The summed E-state index contributed by atoms with van der Waals surface area (Å²) in [6.07, 6.45) is 3.58. The molecule has 0 aromatic carbocycles. The van der Waals surface area contributed by atoms with Gasteiger partial charge in [0.1, 0.15) is 12.2 Å². The summed E-state index contributed by atoms with van der Waals surface area (Å²) in [7, 11) is 1.92. The van der Waals surface area contributed by atoms with Crippen LogP contribution in [0.15, 0.2) is 0 Å². The molecule has 2 fully saturated rings. The highest BCUT2D eigenvalue weighted by molar-refractivity contribution is 5.68. The molecule has 2 heterocycles. The fourth-order valence-corrected chi connectivity index (χ4v) is 3.05. The van der Waals surface area contributed by atoms with Gasteiger partial charge in [-0.05, 0) is 39.5 Å². The Labute approximate surface area is 124 Å². The van der Waals surface area contributed by atoms with Gasteiger partial charge >= 0.3 is 6.09 Å². The first-order valence-corrected chi connectivity index (χ1v) is 7.65. The number of amides is 1. The molecule has 0 bridgehead atoms. The number of nitrogens with zero attached hydrogens (tertiary/aromatic N) is 2. The summed E-state index contributed by atoms with van der Waals surface area (Å²) < 4.78 is 13.1. The molecule has 1 aliphatic heterocycles. The number of carbonyl (C=O) groups excluding carboxylic acids is 1. The van der Waals surface area contributed by atoms with Gasteiger partial charge in [0.2, 0.25) is 0 Å². The molecule has 1 amide bonds. The molecule has 0 spiro atoms. The van der Waals surface area contributed by atoms with Crippen LogP contribution >= 0.6 is 0 Å². The third kappa shape index (κ3) is 2.77. The average molecular weight is 293 g/mol. The van der Waals surface area contributed by atoms with Gasteiger partial charge in [0.25, 0.3) is 0 Å². The average Bonchev–Trinajstić information content (AvgIpc) is 2.91. The zero-order chi connectivity index (χ0) is 15.0. The highest BCUT2D eigenvalue weighted by atomic mass is 16.6.